The first kappa shape index (κ1) is 14.8. The summed E-state index contributed by atoms with van der Waals surface area (Å²) in [4.78, 5) is 22.8. The van der Waals surface area contributed by atoms with Crippen molar-refractivity contribution in [1.82, 2.24) is 10.6 Å². The molecule has 0 radical (unpaired) electrons. The van der Waals surface area contributed by atoms with Crippen LogP contribution in [-0.4, -0.2) is 35.7 Å². The number of primary amides is 1. The number of aliphatic hydroxyl groups is 1. The molecule has 0 aromatic rings. The van der Waals surface area contributed by atoms with Crippen molar-refractivity contribution in [2.45, 2.75) is 45.3 Å². The second-order valence-corrected chi connectivity index (χ2v) is 5.02. The summed E-state index contributed by atoms with van der Waals surface area (Å²) in [6, 6.07) is -1.35. The van der Waals surface area contributed by atoms with E-state index in [-0.39, 0.29) is 18.4 Å². The Morgan fingerprint density at radius 3 is 2.50 bits per heavy atom. The van der Waals surface area contributed by atoms with Gasteiger partial charge in [-0.15, -0.1) is 0 Å². The van der Waals surface area contributed by atoms with Crippen molar-refractivity contribution in [3.05, 3.63) is 0 Å². The number of carbonyl (C=O) groups is 2. The molecule has 6 nitrogen and oxygen atoms in total. The molecule has 1 aliphatic carbocycles. The standard InChI is InChI=1S/C12H23N3O3/c1-3-7(2)10(15-12(13)18)11(17)14-6-9(16)8-4-5-8/h7-10,16H,3-6H2,1-2H3,(H,14,17)(H3,13,15,18). The van der Waals surface area contributed by atoms with Crippen LogP contribution in [-0.2, 0) is 4.79 Å². The SMILES string of the molecule is CCC(C)C(NC(N)=O)C(=O)NCC(O)C1CC1. The van der Waals surface area contributed by atoms with Gasteiger partial charge in [-0.1, -0.05) is 20.3 Å². The zero-order chi connectivity index (χ0) is 13.7. The lowest BCUT2D eigenvalue weighted by Crippen LogP contribution is -2.52. The van der Waals surface area contributed by atoms with E-state index in [1.165, 1.54) is 0 Å². The lowest BCUT2D eigenvalue weighted by atomic mass is 9.98. The summed E-state index contributed by atoms with van der Waals surface area (Å²) in [6.45, 7) is 4.04. The number of amides is 3. The van der Waals surface area contributed by atoms with Gasteiger partial charge in [0.05, 0.1) is 6.10 Å². The molecule has 104 valence electrons. The molecule has 1 saturated carbocycles. The van der Waals surface area contributed by atoms with Crippen molar-refractivity contribution in [3.63, 3.8) is 0 Å². The van der Waals surface area contributed by atoms with Crippen LogP contribution < -0.4 is 16.4 Å². The van der Waals surface area contributed by atoms with Gasteiger partial charge in [0.15, 0.2) is 0 Å². The highest BCUT2D eigenvalue weighted by Gasteiger charge is 2.31. The summed E-state index contributed by atoms with van der Waals surface area (Å²) in [7, 11) is 0. The number of urea groups is 1. The van der Waals surface area contributed by atoms with Crippen molar-refractivity contribution in [3.8, 4) is 0 Å². The van der Waals surface area contributed by atoms with Crippen LogP contribution in [0.2, 0.25) is 0 Å². The van der Waals surface area contributed by atoms with Crippen molar-refractivity contribution in [2.24, 2.45) is 17.6 Å². The monoisotopic (exact) mass is 257 g/mol. The van der Waals surface area contributed by atoms with Crippen molar-refractivity contribution in [2.75, 3.05) is 6.54 Å². The smallest absolute Gasteiger partial charge is 0.312 e. The van der Waals surface area contributed by atoms with Crippen LogP contribution in [0.5, 0.6) is 0 Å². The number of carbonyl (C=O) groups excluding carboxylic acids is 2. The third-order valence-corrected chi connectivity index (χ3v) is 3.44. The zero-order valence-corrected chi connectivity index (χ0v) is 11.0. The molecule has 0 saturated heterocycles. The molecule has 0 bridgehead atoms. The first-order chi connectivity index (χ1) is 8.45. The molecule has 1 rings (SSSR count). The highest BCUT2D eigenvalue weighted by Crippen LogP contribution is 2.32. The predicted molar refractivity (Wildman–Crippen MR) is 67.7 cm³/mol. The summed E-state index contributed by atoms with van der Waals surface area (Å²) in [5, 5.41) is 14.8. The second-order valence-electron chi connectivity index (χ2n) is 5.02. The van der Waals surface area contributed by atoms with Crippen LogP contribution in [0.4, 0.5) is 4.79 Å². The quantitative estimate of drug-likeness (QED) is 0.514. The van der Waals surface area contributed by atoms with Gasteiger partial charge in [0.1, 0.15) is 6.04 Å². The van der Waals surface area contributed by atoms with Gasteiger partial charge in [-0.25, -0.2) is 4.79 Å². The first-order valence-electron chi connectivity index (χ1n) is 6.47. The Morgan fingerprint density at radius 1 is 1.44 bits per heavy atom. The maximum absolute atomic E-state index is 11.9. The largest absolute Gasteiger partial charge is 0.391 e. The van der Waals surface area contributed by atoms with Crippen LogP contribution in [0.3, 0.4) is 0 Å². The van der Waals surface area contributed by atoms with Gasteiger partial charge in [-0.2, -0.15) is 0 Å². The molecule has 3 amide bonds. The maximum atomic E-state index is 11.9. The molecule has 0 aromatic heterocycles. The van der Waals surface area contributed by atoms with E-state index in [2.05, 4.69) is 10.6 Å². The van der Waals surface area contributed by atoms with Crippen LogP contribution in [0, 0.1) is 11.8 Å². The van der Waals surface area contributed by atoms with Crippen LogP contribution >= 0.6 is 0 Å². The molecule has 0 aliphatic heterocycles. The molecule has 3 unspecified atom stereocenters. The number of aliphatic hydroxyl groups excluding tert-OH is 1. The average Bonchev–Trinajstić information content (AvgIpc) is 3.15. The normalized spacial score (nSPS) is 19.7. The predicted octanol–water partition coefficient (Wildman–Crippen LogP) is -0.0435. The van der Waals surface area contributed by atoms with E-state index in [1.807, 2.05) is 13.8 Å². The number of rotatable bonds is 7. The molecule has 3 atom stereocenters. The molecular formula is C12H23N3O3. The highest BCUT2D eigenvalue weighted by atomic mass is 16.3. The number of nitrogens with two attached hydrogens (primary N) is 1. The Balaban J connectivity index is 2.44. The summed E-state index contributed by atoms with van der Waals surface area (Å²) in [6.07, 6.45) is 2.31. The molecule has 0 spiro atoms. The second kappa shape index (κ2) is 6.58. The maximum Gasteiger partial charge on any atom is 0.312 e. The molecule has 1 fully saturated rings. The van der Waals surface area contributed by atoms with Gasteiger partial charge in [-0.3, -0.25) is 4.79 Å². The number of hydrogen-bond acceptors (Lipinski definition) is 3. The Labute approximate surface area is 107 Å². The zero-order valence-electron chi connectivity index (χ0n) is 11.0. The van der Waals surface area contributed by atoms with Gasteiger partial charge in [0.25, 0.3) is 0 Å². The Hall–Kier alpha value is -1.30. The van der Waals surface area contributed by atoms with E-state index in [0.717, 1.165) is 19.3 Å². The van der Waals surface area contributed by atoms with E-state index in [9.17, 15) is 14.7 Å². The molecular weight excluding hydrogens is 234 g/mol. The van der Waals surface area contributed by atoms with E-state index < -0.39 is 18.2 Å². The minimum absolute atomic E-state index is 0.00410. The van der Waals surface area contributed by atoms with Crippen LogP contribution in [0.15, 0.2) is 0 Å². The van der Waals surface area contributed by atoms with Crippen LogP contribution in [0.25, 0.3) is 0 Å². The van der Waals surface area contributed by atoms with Crippen molar-refractivity contribution >= 4 is 11.9 Å². The Kier molecular flexibility index (Phi) is 5.40. The molecule has 5 N–H and O–H groups in total. The highest BCUT2D eigenvalue weighted by molar-refractivity contribution is 5.86. The Bertz CT molecular complexity index is 305. The fraction of sp³-hybridized carbons (Fsp3) is 0.833. The molecule has 18 heavy (non-hydrogen) atoms. The van der Waals surface area contributed by atoms with Gasteiger partial charge in [-0.05, 0) is 24.7 Å². The van der Waals surface area contributed by atoms with E-state index in [1.54, 1.807) is 0 Å². The summed E-state index contributed by atoms with van der Waals surface area (Å²) < 4.78 is 0. The van der Waals surface area contributed by atoms with E-state index >= 15 is 0 Å². The van der Waals surface area contributed by atoms with E-state index in [4.69, 9.17) is 5.73 Å². The Morgan fingerprint density at radius 2 is 2.06 bits per heavy atom. The lowest BCUT2D eigenvalue weighted by molar-refractivity contribution is -0.124. The topological polar surface area (TPSA) is 104 Å². The molecule has 0 heterocycles. The fourth-order valence-corrected chi connectivity index (χ4v) is 1.82. The van der Waals surface area contributed by atoms with Gasteiger partial charge >= 0.3 is 6.03 Å². The van der Waals surface area contributed by atoms with Crippen molar-refractivity contribution in [1.29, 1.82) is 0 Å². The molecule has 6 heteroatoms. The summed E-state index contributed by atoms with van der Waals surface area (Å²) >= 11 is 0. The summed E-state index contributed by atoms with van der Waals surface area (Å²) in [5.41, 5.74) is 5.06. The van der Waals surface area contributed by atoms with Crippen molar-refractivity contribution < 1.29 is 14.7 Å². The van der Waals surface area contributed by atoms with Gasteiger partial charge in [0, 0.05) is 6.54 Å². The number of hydrogen-bond donors (Lipinski definition) is 4. The van der Waals surface area contributed by atoms with Crippen LogP contribution in [0.1, 0.15) is 33.1 Å². The molecule has 0 aromatic carbocycles. The third kappa shape index (κ3) is 4.52. The fourth-order valence-electron chi connectivity index (χ4n) is 1.82. The van der Waals surface area contributed by atoms with Gasteiger partial charge in [0.2, 0.25) is 5.91 Å². The third-order valence-electron chi connectivity index (χ3n) is 3.44. The summed E-state index contributed by atoms with van der Waals surface area (Å²) in [5.74, 6) is 0.0230. The minimum Gasteiger partial charge on any atom is -0.391 e. The molecule has 1 aliphatic rings. The average molecular weight is 257 g/mol. The lowest BCUT2D eigenvalue weighted by Gasteiger charge is -2.23. The van der Waals surface area contributed by atoms with Gasteiger partial charge < -0.3 is 21.5 Å². The number of nitrogens with one attached hydrogen (secondary N) is 2. The van der Waals surface area contributed by atoms with E-state index in [0.29, 0.717) is 5.92 Å². The minimum atomic E-state index is -0.710. The first-order valence-corrected chi connectivity index (χ1v) is 6.47.